The molecule has 0 fully saturated rings. The predicted molar refractivity (Wildman–Crippen MR) is 75.2 cm³/mol. The van der Waals surface area contributed by atoms with E-state index in [-0.39, 0.29) is 5.82 Å². The summed E-state index contributed by atoms with van der Waals surface area (Å²) in [4.78, 5) is 0. The van der Waals surface area contributed by atoms with Crippen LogP contribution in [0.15, 0.2) is 36.4 Å². The van der Waals surface area contributed by atoms with Crippen molar-refractivity contribution < 1.29 is 4.39 Å². The van der Waals surface area contributed by atoms with Gasteiger partial charge in [0.25, 0.3) is 0 Å². The van der Waals surface area contributed by atoms with Crippen LogP contribution in [0.4, 0.5) is 10.1 Å². The molecule has 94 valence electrons. The van der Waals surface area contributed by atoms with E-state index < -0.39 is 0 Å². The number of nitrogens with one attached hydrogen (secondary N) is 1. The zero-order valence-electron chi connectivity index (χ0n) is 9.18. The van der Waals surface area contributed by atoms with Gasteiger partial charge in [0.15, 0.2) is 0 Å². The van der Waals surface area contributed by atoms with Crippen LogP contribution in [0.2, 0.25) is 15.1 Å². The smallest absolute Gasteiger partial charge is 0.125 e. The summed E-state index contributed by atoms with van der Waals surface area (Å²) >= 11 is 17.9. The molecule has 1 N–H and O–H groups in total. The Bertz CT molecular complexity index is 521. The standard InChI is InChI=1S/C13H9Cl3FN/c14-9-1-3-11(15)8(5-9)7-18-13-6-10(17)2-4-12(13)16/h1-6,18H,7H2. The van der Waals surface area contributed by atoms with Gasteiger partial charge in [0.2, 0.25) is 0 Å². The van der Waals surface area contributed by atoms with Gasteiger partial charge in [0, 0.05) is 16.6 Å². The highest BCUT2D eigenvalue weighted by atomic mass is 35.5. The average Bonchev–Trinajstić information content (AvgIpc) is 2.34. The van der Waals surface area contributed by atoms with Crippen LogP contribution in [0.5, 0.6) is 0 Å². The van der Waals surface area contributed by atoms with Crippen molar-refractivity contribution in [1.82, 2.24) is 0 Å². The summed E-state index contributed by atoms with van der Waals surface area (Å²) in [6, 6.07) is 9.32. The van der Waals surface area contributed by atoms with Gasteiger partial charge in [-0.3, -0.25) is 0 Å². The summed E-state index contributed by atoms with van der Waals surface area (Å²) in [6.07, 6.45) is 0. The van der Waals surface area contributed by atoms with Crippen LogP contribution in [0, 0.1) is 5.82 Å². The van der Waals surface area contributed by atoms with Gasteiger partial charge in [-0.1, -0.05) is 34.8 Å². The number of hydrogen-bond acceptors (Lipinski definition) is 1. The molecule has 0 unspecified atom stereocenters. The summed E-state index contributed by atoms with van der Waals surface area (Å²) in [5.74, 6) is -0.348. The van der Waals surface area contributed by atoms with Crippen molar-refractivity contribution in [2.45, 2.75) is 6.54 Å². The Kier molecular flexibility index (Phi) is 4.33. The minimum absolute atomic E-state index is 0.348. The largest absolute Gasteiger partial charge is 0.380 e. The van der Waals surface area contributed by atoms with Crippen molar-refractivity contribution in [3.63, 3.8) is 0 Å². The Balaban J connectivity index is 2.16. The third-order valence-corrected chi connectivity index (χ3v) is 3.34. The lowest BCUT2D eigenvalue weighted by Gasteiger charge is -2.10. The molecule has 2 aromatic carbocycles. The number of halogens is 4. The first kappa shape index (κ1) is 13.5. The minimum Gasteiger partial charge on any atom is -0.380 e. The summed E-state index contributed by atoms with van der Waals surface area (Å²) < 4.78 is 13.1. The van der Waals surface area contributed by atoms with Crippen LogP contribution in [0.25, 0.3) is 0 Å². The van der Waals surface area contributed by atoms with Gasteiger partial charge >= 0.3 is 0 Å². The predicted octanol–water partition coefficient (Wildman–Crippen LogP) is 5.40. The molecule has 18 heavy (non-hydrogen) atoms. The van der Waals surface area contributed by atoms with Crippen LogP contribution < -0.4 is 5.32 Å². The lowest BCUT2D eigenvalue weighted by molar-refractivity contribution is 0.628. The molecular formula is C13H9Cl3FN. The van der Waals surface area contributed by atoms with Crippen LogP contribution in [-0.4, -0.2) is 0 Å². The zero-order valence-corrected chi connectivity index (χ0v) is 11.5. The molecule has 0 saturated heterocycles. The van der Waals surface area contributed by atoms with E-state index in [2.05, 4.69) is 5.32 Å². The topological polar surface area (TPSA) is 12.0 Å². The second-order valence-corrected chi connectivity index (χ2v) is 4.96. The first-order chi connectivity index (χ1) is 8.56. The van der Waals surface area contributed by atoms with Gasteiger partial charge in [0.1, 0.15) is 5.82 Å². The van der Waals surface area contributed by atoms with E-state index in [4.69, 9.17) is 34.8 Å². The fourth-order valence-electron chi connectivity index (χ4n) is 1.50. The second-order valence-electron chi connectivity index (χ2n) is 3.71. The van der Waals surface area contributed by atoms with Gasteiger partial charge in [-0.25, -0.2) is 4.39 Å². The van der Waals surface area contributed by atoms with Crippen LogP contribution in [0.3, 0.4) is 0 Å². The van der Waals surface area contributed by atoms with Crippen LogP contribution >= 0.6 is 34.8 Å². The van der Waals surface area contributed by atoms with Crippen molar-refractivity contribution >= 4 is 40.5 Å². The van der Waals surface area contributed by atoms with E-state index in [0.717, 1.165) is 5.56 Å². The fourth-order valence-corrected chi connectivity index (χ4v) is 2.07. The Labute approximate surface area is 119 Å². The molecule has 2 aromatic rings. The van der Waals surface area contributed by atoms with Crippen molar-refractivity contribution in [3.8, 4) is 0 Å². The molecule has 0 bridgehead atoms. The Morgan fingerprint density at radius 2 is 1.67 bits per heavy atom. The van der Waals surface area contributed by atoms with Gasteiger partial charge in [0.05, 0.1) is 10.7 Å². The monoisotopic (exact) mass is 303 g/mol. The highest BCUT2D eigenvalue weighted by Gasteiger charge is 2.04. The first-order valence-corrected chi connectivity index (χ1v) is 6.32. The number of hydrogen-bond donors (Lipinski definition) is 1. The van der Waals surface area contributed by atoms with E-state index in [1.54, 1.807) is 18.2 Å². The van der Waals surface area contributed by atoms with Crippen molar-refractivity contribution in [1.29, 1.82) is 0 Å². The van der Waals surface area contributed by atoms with E-state index in [0.29, 0.717) is 27.3 Å². The Morgan fingerprint density at radius 3 is 2.44 bits per heavy atom. The Hall–Kier alpha value is -0.960. The molecule has 0 saturated carbocycles. The molecule has 0 spiro atoms. The zero-order chi connectivity index (χ0) is 13.1. The first-order valence-electron chi connectivity index (χ1n) is 5.19. The van der Waals surface area contributed by atoms with Gasteiger partial charge in [-0.15, -0.1) is 0 Å². The quantitative estimate of drug-likeness (QED) is 0.800. The molecule has 0 heterocycles. The molecule has 0 aliphatic carbocycles. The van der Waals surface area contributed by atoms with Gasteiger partial charge in [-0.2, -0.15) is 0 Å². The van der Waals surface area contributed by atoms with Crippen molar-refractivity contribution in [2.24, 2.45) is 0 Å². The van der Waals surface area contributed by atoms with E-state index in [1.807, 2.05) is 0 Å². The van der Waals surface area contributed by atoms with Crippen LogP contribution in [-0.2, 0) is 6.54 Å². The molecule has 0 amide bonds. The number of anilines is 1. The number of rotatable bonds is 3. The molecule has 0 aliphatic rings. The summed E-state index contributed by atoms with van der Waals surface area (Å²) in [5.41, 5.74) is 1.34. The van der Waals surface area contributed by atoms with E-state index in [9.17, 15) is 4.39 Å². The molecule has 0 atom stereocenters. The molecule has 0 aromatic heterocycles. The highest BCUT2D eigenvalue weighted by molar-refractivity contribution is 6.34. The maximum Gasteiger partial charge on any atom is 0.125 e. The summed E-state index contributed by atoms with van der Waals surface area (Å²) in [6.45, 7) is 0.419. The van der Waals surface area contributed by atoms with Crippen molar-refractivity contribution in [3.05, 3.63) is 62.8 Å². The minimum atomic E-state index is -0.348. The second kappa shape index (κ2) is 5.79. The lowest BCUT2D eigenvalue weighted by Crippen LogP contribution is -2.01. The maximum absolute atomic E-state index is 13.1. The maximum atomic E-state index is 13.1. The SMILES string of the molecule is Fc1ccc(Cl)c(NCc2cc(Cl)ccc2Cl)c1. The third-order valence-electron chi connectivity index (χ3n) is 2.41. The third kappa shape index (κ3) is 3.29. The lowest BCUT2D eigenvalue weighted by atomic mass is 10.2. The highest BCUT2D eigenvalue weighted by Crippen LogP contribution is 2.25. The summed E-state index contributed by atoms with van der Waals surface area (Å²) in [5, 5.41) is 4.67. The van der Waals surface area contributed by atoms with Gasteiger partial charge in [-0.05, 0) is 42.0 Å². The normalized spacial score (nSPS) is 10.4. The van der Waals surface area contributed by atoms with E-state index in [1.165, 1.54) is 18.2 Å². The molecule has 5 heteroatoms. The van der Waals surface area contributed by atoms with Crippen molar-refractivity contribution in [2.75, 3.05) is 5.32 Å². The van der Waals surface area contributed by atoms with E-state index >= 15 is 0 Å². The molecule has 0 aliphatic heterocycles. The fraction of sp³-hybridized carbons (Fsp3) is 0.0769. The molecule has 1 nitrogen and oxygen atoms in total. The molecule has 0 radical (unpaired) electrons. The van der Waals surface area contributed by atoms with Crippen LogP contribution in [0.1, 0.15) is 5.56 Å². The Morgan fingerprint density at radius 1 is 0.944 bits per heavy atom. The average molecular weight is 305 g/mol. The number of benzene rings is 2. The van der Waals surface area contributed by atoms with Gasteiger partial charge < -0.3 is 5.32 Å². The summed E-state index contributed by atoms with van der Waals surface area (Å²) in [7, 11) is 0. The molecule has 2 rings (SSSR count). The molecular weight excluding hydrogens is 296 g/mol.